The topological polar surface area (TPSA) is 55.4 Å². The zero-order valence-electron chi connectivity index (χ0n) is 10.0. The molecule has 1 aromatic rings. The highest BCUT2D eigenvalue weighted by Crippen LogP contribution is 2.21. The van der Waals surface area contributed by atoms with Gasteiger partial charge in [0.25, 0.3) is 0 Å². The molecule has 4 nitrogen and oxygen atoms in total. The fraction of sp³-hybridized carbons (Fsp3) is 0.500. The normalized spacial score (nSPS) is 24.8. The van der Waals surface area contributed by atoms with Crippen molar-refractivity contribution in [2.24, 2.45) is 0 Å². The zero-order valence-corrected chi connectivity index (χ0v) is 10.8. The van der Waals surface area contributed by atoms with Crippen LogP contribution in [0.1, 0.15) is 13.3 Å². The van der Waals surface area contributed by atoms with Crippen LogP contribution >= 0.6 is 0 Å². The lowest BCUT2D eigenvalue weighted by atomic mass is 10.1. The van der Waals surface area contributed by atoms with Crippen molar-refractivity contribution in [2.45, 2.75) is 30.4 Å². The van der Waals surface area contributed by atoms with Crippen molar-refractivity contribution in [2.75, 3.05) is 18.2 Å². The number of ether oxygens (including phenoxy) is 1. The van der Waals surface area contributed by atoms with Gasteiger partial charge in [0.2, 0.25) is 0 Å². The molecule has 0 radical (unpaired) electrons. The minimum absolute atomic E-state index is 0.164. The third kappa shape index (κ3) is 2.98. The van der Waals surface area contributed by atoms with Crippen molar-refractivity contribution < 1.29 is 13.2 Å². The molecule has 1 fully saturated rings. The molecule has 5 heteroatoms. The van der Waals surface area contributed by atoms with Crippen LogP contribution in [0.15, 0.2) is 29.2 Å². The van der Waals surface area contributed by atoms with Gasteiger partial charge in [-0.1, -0.05) is 6.07 Å². The molecule has 1 heterocycles. The molecular weight excluding hydrogens is 238 g/mol. The molecule has 2 rings (SSSR count). The van der Waals surface area contributed by atoms with Crippen molar-refractivity contribution in [3.05, 3.63) is 24.3 Å². The summed E-state index contributed by atoms with van der Waals surface area (Å²) in [6.07, 6.45) is 2.33. The van der Waals surface area contributed by atoms with Gasteiger partial charge in [-0.25, -0.2) is 8.42 Å². The summed E-state index contributed by atoms with van der Waals surface area (Å²) in [6.45, 7) is 2.77. The van der Waals surface area contributed by atoms with Crippen molar-refractivity contribution in [3.8, 4) is 0 Å². The molecule has 2 atom stereocenters. The van der Waals surface area contributed by atoms with E-state index in [2.05, 4.69) is 5.32 Å². The Kier molecular flexibility index (Phi) is 3.40. The first-order valence-electron chi connectivity index (χ1n) is 5.65. The van der Waals surface area contributed by atoms with E-state index < -0.39 is 9.84 Å². The molecule has 1 aliphatic rings. The highest BCUT2D eigenvalue weighted by Gasteiger charge is 2.23. The largest absolute Gasteiger partial charge is 0.380 e. The highest BCUT2D eigenvalue weighted by molar-refractivity contribution is 7.90. The number of sulfone groups is 1. The Balaban J connectivity index is 2.17. The SMILES string of the molecule is CC1OCCC1Nc1cccc(S(C)(=O)=O)c1. The molecule has 0 aromatic heterocycles. The third-order valence-corrected chi connectivity index (χ3v) is 4.10. The van der Waals surface area contributed by atoms with Gasteiger partial charge >= 0.3 is 0 Å². The average Bonchev–Trinajstić information content (AvgIpc) is 2.64. The fourth-order valence-electron chi connectivity index (χ4n) is 1.95. The van der Waals surface area contributed by atoms with E-state index in [0.29, 0.717) is 4.90 Å². The summed E-state index contributed by atoms with van der Waals surface area (Å²) in [6, 6.07) is 7.15. The number of hydrogen-bond acceptors (Lipinski definition) is 4. The van der Waals surface area contributed by atoms with E-state index in [1.165, 1.54) is 6.26 Å². The van der Waals surface area contributed by atoms with E-state index in [4.69, 9.17) is 4.74 Å². The van der Waals surface area contributed by atoms with Crippen molar-refractivity contribution in [3.63, 3.8) is 0 Å². The number of rotatable bonds is 3. The van der Waals surface area contributed by atoms with Gasteiger partial charge < -0.3 is 10.1 Å². The molecule has 2 unspecified atom stereocenters. The minimum Gasteiger partial charge on any atom is -0.380 e. The first-order chi connectivity index (χ1) is 7.97. The molecule has 0 saturated carbocycles. The van der Waals surface area contributed by atoms with Crippen LogP contribution in [-0.4, -0.2) is 33.4 Å². The summed E-state index contributed by atoms with van der Waals surface area (Å²) in [5.41, 5.74) is 0.829. The maximum absolute atomic E-state index is 11.4. The fourth-order valence-corrected chi connectivity index (χ4v) is 2.62. The molecule has 0 amide bonds. The summed E-state index contributed by atoms with van der Waals surface area (Å²) in [5.74, 6) is 0. The van der Waals surface area contributed by atoms with Crippen molar-refractivity contribution in [1.29, 1.82) is 0 Å². The van der Waals surface area contributed by atoms with Gasteiger partial charge in [-0.3, -0.25) is 0 Å². The summed E-state index contributed by atoms with van der Waals surface area (Å²) < 4.78 is 28.3. The Morgan fingerprint density at radius 3 is 2.76 bits per heavy atom. The summed E-state index contributed by atoms with van der Waals surface area (Å²) in [7, 11) is -3.14. The maximum Gasteiger partial charge on any atom is 0.175 e. The van der Waals surface area contributed by atoms with Crippen molar-refractivity contribution in [1.82, 2.24) is 0 Å². The van der Waals surface area contributed by atoms with Crippen LogP contribution in [-0.2, 0) is 14.6 Å². The standard InChI is InChI=1S/C12H17NO3S/c1-9-12(6-7-16-9)13-10-4-3-5-11(8-10)17(2,14)15/h3-5,8-9,12-13H,6-7H2,1-2H3. The van der Waals surface area contributed by atoms with Gasteiger partial charge in [0.15, 0.2) is 9.84 Å². The molecule has 1 saturated heterocycles. The first-order valence-corrected chi connectivity index (χ1v) is 7.54. The van der Waals surface area contributed by atoms with Crippen LogP contribution in [0.5, 0.6) is 0 Å². The summed E-state index contributed by atoms with van der Waals surface area (Å²) in [4.78, 5) is 0.342. The monoisotopic (exact) mass is 255 g/mol. The van der Waals surface area contributed by atoms with Gasteiger partial charge in [-0.05, 0) is 31.5 Å². The van der Waals surface area contributed by atoms with Gasteiger partial charge in [0.05, 0.1) is 17.0 Å². The van der Waals surface area contributed by atoms with E-state index in [9.17, 15) is 8.42 Å². The van der Waals surface area contributed by atoms with Crippen LogP contribution in [0.2, 0.25) is 0 Å². The maximum atomic E-state index is 11.4. The van der Waals surface area contributed by atoms with Crippen LogP contribution in [0.25, 0.3) is 0 Å². The summed E-state index contributed by atoms with van der Waals surface area (Å²) >= 11 is 0. The lowest BCUT2D eigenvalue weighted by molar-refractivity contribution is 0.121. The molecule has 0 spiro atoms. The van der Waals surface area contributed by atoms with Gasteiger partial charge in [-0.15, -0.1) is 0 Å². The minimum atomic E-state index is -3.14. The predicted octanol–water partition coefficient (Wildman–Crippen LogP) is 1.68. The van der Waals surface area contributed by atoms with E-state index in [1.54, 1.807) is 18.2 Å². The van der Waals surface area contributed by atoms with Gasteiger partial charge in [-0.2, -0.15) is 0 Å². The third-order valence-electron chi connectivity index (χ3n) is 2.99. The predicted molar refractivity (Wildman–Crippen MR) is 67.0 cm³/mol. The Labute approximate surface area is 102 Å². The average molecular weight is 255 g/mol. The Morgan fingerprint density at radius 2 is 2.18 bits per heavy atom. The van der Waals surface area contributed by atoms with E-state index in [0.717, 1.165) is 18.7 Å². The number of hydrogen-bond donors (Lipinski definition) is 1. The van der Waals surface area contributed by atoms with Gasteiger partial charge in [0, 0.05) is 18.6 Å². The quantitative estimate of drug-likeness (QED) is 0.893. The van der Waals surface area contributed by atoms with E-state index in [1.807, 2.05) is 13.0 Å². The van der Waals surface area contributed by atoms with Crippen LogP contribution < -0.4 is 5.32 Å². The smallest absolute Gasteiger partial charge is 0.175 e. The van der Waals surface area contributed by atoms with E-state index >= 15 is 0 Å². The second-order valence-corrected chi connectivity index (χ2v) is 6.43. The molecule has 1 aromatic carbocycles. The molecule has 94 valence electrons. The number of benzene rings is 1. The van der Waals surface area contributed by atoms with E-state index in [-0.39, 0.29) is 12.1 Å². The zero-order chi connectivity index (χ0) is 12.5. The summed E-state index contributed by atoms with van der Waals surface area (Å²) in [5, 5.41) is 3.31. The van der Waals surface area contributed by atoms with Gasteiger partial charge in [0.1, 0.15) is 0 Å². The van der Waals surface area contributed by atoms with Crippen LogP contribution in [0.4, 0.5) is 5.69 Å². The molecule has 17 heavy (non-hydrogen) atoms. The number of nitrogens with one attached hydrogen (secondary N) is 1. The molecule has 1 aliphatic heterocycles. The van der Waals surface area contributed by atoms with Crippen molar-refractivity contribution >= 4 is 15.5 Å². The molecule has 1 N–H and O–H groups in total. The second-order valence-electron chi connectivity index (χ2n) is 4.42. The first kappa shape index (κ1) is 12.4. The van der Waals surface area contributed by atoms with Crippen LogP contribution in [0.3, 0.4) is 0 Å². The lowest BCUT2D eigenvalue weighted by Gasteiger charge is -2.17. The highest BCUT2D eigenvalue weighted by atomic mass is 32.2. The van der Waals surface area contributed by atoms with Crippen LogP contribution in [0, 0.1) is 0 Å². The molecular formula is C12H17NO3S. The molecule has 0 aliphatic carbocycles. The Hall–Kier alpha value is -1.07. The molecule has 0 bridgehead atoms. The lowest BCUT2D eigenvalue weighted by Crippen LogP contribution is -2.26. The Bertz CT molecular complexity index is 498. The number of anilines is 1. The second kappa shape index (κ2) is 4.66. The Morgan fingerprint density at radius 1 is 1.41 bits per heavy atom.